The predicted octanol–water partition coefficient (Wildman–Crippen LogP) is 3.29. The molecule has 4 aromatic rings. The zero-order valence-corrected chi connectivity index (χ0v) is 15.7. The van der Waals surface area contributed by atoms with E-state index in [1.807, 2.05) is 0 Å². The number of rotatable bonds is 4. The van der Waals surface area contributed by atoms with Gasteiger partial charge in [0.15, 0.2) is 0 Å². The number of pyridine rings is 2. The third-order valence-corrected chi connectivity index (χ3v) is 5.90. The van der Waals surface area contributed by atoms with Crippen molar-refractivity contribution in [3.63, 3.8) is 0 Å². The van der Waals surface area contributed by atoms with Gasteiger partial charge in [-0.05, 0) is 42.0 Å². The van der Waals surface area contributed by atoms with Crippen LogP contribution >= 0.6 is 0 Å². The molecule has 0 aliphatic heterocycles. The molecule has 7 nitrogen and oxygen atoms in total. The summed E-state index contributed by atoms with van der Waals surface area (Å²) in [7, 11) is -3.74. The molecule has 8 heteroatoms. The van der Waals surface area contributed by atoms with Crippen LogP contribution in [0.5, 0.6) is 0 Å². The Morgan fingerprint density at radius 2 is 1.79 bits per heavy atom. The highest BCUT2D eigenvalue weighted by molar-refractivity contribution is 7.90. The van der Waals surface area contributed by atoms with Gasteiger partial charge in [-0.15, -0.1) is 0 Å². The van der Waals surface area contributed by atoms with Crippen LogP contribution in [0.1, 0.15) is 6.92 Å². The summed E-state index contributed by atoms with van der Waals surface area (Å²) < 4.78 is 27.2. The standard InChI is InChI=1S/C20H16N4O3S/c1-14(25)23-20-12-15(7-9-21-20)16-11-19-18(22-13-16)8-10-24(19)28(26,27)17-5-3-2-4-6-17/h2-13H,1H3,(H,21,23,25). The van der Waals surface area contributed by atoms with E-state index in [0.717, 1.165) is 5.56 Å². The molecular weight excluding hydrogens is 376 g/mol. The first-order valence-corrected chi connectivity index (χ1v) is 9.91. The molecule has 0 bridgehead atoms. The van der Waals surface area contributed by atoms with Gasteiger partial charge in [-0.25, -0.2) is 17.4 Å². The number of hydrogen-bond donors (Lipinski definition) is 1. The van der Waals surface area contributed by atoms with Gasteiger partial charge in [0.05, 0.1) is 15.9 Å². The molecule has 0 atom stereocenters. The van der Waals surface area contributed by atoms with Gasteiger partial charge >= 0.3 is 0 Å². The fourth-order valence-corrected chi connectivity index (χ4v) is 4.27. The summed E-state index contributed by atoms with van der Waals surface area (Å²) in [6.45, 7) is 1.41. The molecule has 1 amide bonds. The van der Waals surface area contributed by atoms with Gasteiger partial charge in [0.25, 0.3) is 10.0 Å². The fourth-order valence-electron chi connectivity index (χ4n) is 2.92. The number of carbonyl (C=O) groups is 1. The van der Waals surface area contributed by atoms with Crippen molar-refractivity contribution in [2.24, 2.45) is 0 Å². The number of anilines is 1. The van der Waals surface area contributed by atoms with Crippen LogP contribution < -0.4 is 5.32 Å². The van der Waals surface area contributed by atoms with Gasteiger partial charge in [-0.3, -0.25) is 9.78 Å². The van der Waals surface area contributed by atoms with Crippen LogP contribution in [0.2, 0.25) is 0 Å². The van der Waals surface area contributed by atoms with E-state index in [0.29, 0.717) is 22.4 Å². The number of nitrogens with zero attached hydrogens (tertiary/aromatic N) is 3. The van der Waals surface area contributed by atoms with Gasteiger partial charge in [-0.2, -0.15) is 0 Å². The third kappa shape index (κ3) is 3.25. The summed E-state index contributed by atoms with van der Waals surface area (Å²) in [5.41, 5.74) is 2.52. The molecule has 0 saturated heterocycles. The summed E-state index contributed by atoms with van der Waals surface area (Å²) in [4.78, 5) is 19.9. The molecule has 4 rings (SSSR count). The van der Waals surface area contributed by atoms with E-state index in [2.05, 4.69) is 15.3 Å². The largest absolute Gasteiger partial charge is 0.311 e. The zero-order chi connectivity index (χ0) is 19.7. The van der Waals surface area contributed by atoms with Crippen LogP contribution in [-0.4, -0.2) is 28.3 Å². The molecule has 0 unspecified atom stereocenters. The quantitative estimate of drug-likeness (QED) is 0.575. The van der Waals surface area contributed by atoms with Crippen LogP contribution in [0, 0.1) is 0 Å². The van der Waals surface area contributed by atoms with Crippen LogP contribution in [-0.2, 0) is 14.8 Å². The molecule has 0 fully saturated rings. The molecule has 1 N–H and O–H groups in total. The molecule has 0 spiro atoms. The predicted molar refractivity (Wildman–Crippen MR) is 106 cm³/mol. The molecule has 0 radical (unpaired) electrons. The van der Waals surface area contributed by atoms with E-state index in [1.54, 1.807) is 67.0 Å². The number of benzene rings is 1. The van der Waals surface area contributed by atoms with Crippen molar-refractivity contribution in [2.75, 3.05) is 5.32 Å². The van der Waals surface area contributed by atoms with Crippen molar-refractivity contribution >= 4 is 32.8 Å². The Hall–Kier alpha value is -3.52. The van der Waals surface area contributed by atoms with Crippen LogP contribution in [0.15, 0.2) is 78.1 Å². The molecule has 28 heavy (non-hydrogen) atoms. The third-order valence-electron chi connectivity index (χ3n) is 4.20. The Morgan fingerprint density at radius 3 is 2.54 bits per heavy atom. The van der Waals surface area contributed by atoms with Crippen LogP contribution in [0.4, 0.5) is 5.82 Å². The number of nitrogens with one attached hydrogen (secondary N) is 1. The fraction of sp³-hybridized carbons (Fsp3) is 0.0500. The first kappa shape index (κ1) is 17.9. The van der Waals surface area contributed by atoms with E-state index in [-0.39, 0.29) is 10.8 Å². The van der Waals surface area contributed by atoms with Crippen LogP contribution in [0.3, 0.4) is 0 Å². The Bertz CT molecular complexity index is 1280. The number of hydrogen-bond acceptors (Lipinski definition) is 5. The maximum atomic E-state index is 13.0. The molecule has 1 aromatic carbocycles. The summed E-state index contributed by atoms with van der Waals surface area (Å²) in [5, 5.41) is 2.63. The Morgan fingerprint density at radius 1 is 1.00 bits per heavy atom. The maximum absolute atomic E-state index is 13.0. The second-order valence-corrected chi connectivity index (χ2v) is 7.98. The highest BCUT2D eigenvalue weighted by Gasteiger charge is 2.19. The first-order valence-electron chi connectivity index (χ1n) is 8.47. The summed E-state index contributed by atoms with van der Waals surface area (Å²) in [5.74, 6) is 0.193. The first-order chi connectivity index (χ1) is 13.4. The molecule has 3 aromatic heterocycles. The zero-order valence-electron chi connectivity index (χ0n) is 14.9. The second kappa shape index (κ2) is 6.90. The number of carbonyl (C=O) groups excluding carboxylic acids is 1. The second-order valence-electron chi connectivity index (χ2n) is 6.17. The molecule has 0 aliphatic carbocycles. The minimum absolute atomic E-state index is 0.203. The molecule has 0 aliphatic rings. The van der Waals surface area contributed by atoms with Gasteiger partial charge < -0.3 is 5.32 Å². The Labute approximate surface area is 161 Å². The topological polar surface area (TPSA) is 94.0 Å². The molecule has 140 valence electrons. The monoisotopic (exact) mass is 392 g/mol. The minimum atomic E-state index is -3.74. The van der Waals surface area contributed by atoms with E-state index in [4.69, 9.17) is 0 Å². The van der Waals surface area contributed by atoms with E-state index < -0.39 is 10.0 Å². The Balaban J connectivity index is 1.82. The lowest BCUT2D eigenvalue weighted by atomic mass is 10.1. The smallest absolute Gasteiger partial charge is 0.268 e. The van der Waals surface area contributed by atoms with Crippen molar-refractivity contribution in [1.29, 1.82) is 0 Å². The SMILES string of the molecule is CC(=O)Nc1cc(-c2cnc3ccn(S(=O)(=O)c4ccccc4)c3c2)ccn1. The average Bonchev–Trinajstić information content (AvgIpc) is 3.12. The number of aromatic nitrogens is 3. The lowest BCUT2D eigenvalue weighted by molar-refractivity contribution is -0.114. The van der Waals surface area contributed by atoms with E-state index >= 15 is 0 Å². The summed E-state index contributed by atoms with van der Waals surface area (Å²) in [6, 6.07) is 15.1. The van der Waals surface area contributed by atoms with Gasteiger partial charge in [-0.1, -0.05) is 18.2 Å². The summed E-state index contributed by atoms with van der Waals surface area (Å²) in [6.07, 6.45) is 4.73. The minimum Gasteiger partial charge on any atom is -0.311 e. The number of amides is 1. The van der Waals surface area contributed by atoms with Crippen molar-refractivity contribution in [2.45, 2.75) is 11.8 Å². The van der Waals surface area contributed by atoms with Crippen molar-refractivity contribution < 1.29 is 13.2 Å². The Kier molecular flexibility index (Phi) is 4.40. The van der Waals surface area contributed by atoms with E-state index in [1.165, 1.54) is 17.1 Å². The van der Waals surface area contributed by atoms with E-state index in [9.17, 15) is 13.2 Å². The molecule has 0 saturated carbocycles. The lowest BCUT2D eigenvalue weighted by Gasteiger charge is -2.09. The van der Waals surface area contributed by atoms with Crippen molar-refractivity contribution in [3.05, 3.63) is 73.2 Å². The highest BCUT2D eigenvalue weighted by atomic mass is 32.2. The van der Waals surface area contributed by atoms with Gasteiger partial charge in [0.1, 0.15) is 5.82 Å². The van der Waals surface area contributed by atoms with Crippen LogP contribution in [0.25, 0.3) is 22.2 Å². The average molecular weight is 392 g/mol. The van der Waals surface area contributed by atoms with Crippen molar-refractivity contribution in [1.82, 2.24) is 13.9 Å². The van der Waals surface area contributed by atoms with Gasteiger partial charge in [0.2, 0.25) is 5.91 Å². The summed E-state index contributed by atoms with van der Waals surface area (Å²) >= 11 is 0. The maximum Gasteiger partial charge on any atom is 0.268 e. The van der Waals surface area contributed by atoms with Crippen molar-refractivity contribution in [3.8, 4) is 11.1 Å². The molecule has 3 heterocycles. The normalized spacial score (nSPS) is 11.5. The highest BCUT2D eigenvalue weighted by Crippen LogP contribution is 2.27. The lowest BCUT2D eigenvalue weighted by Crippen LogP contribution is -2.11. The number of fused-ring (bicyclic) bond motifs is 1. The molecular formula is C20H16N4O3S. The van der Waals surface area contributed by atoms with Gasteiger partial charge in [0, 0.05) is 31.1 Å².